The van der Waals surface area contributed by atoms with Crippen molar-refractivity contribution in [2.24, 2.45) is 5.73 Å². The van der Waals surface area contributed by atoms with E-state index in [-0.39, 0.29) is 12.0 Å². The van der Waals surface area contributed by atoms with Gasteiger partial charge in [-0.25, -0.2) is 0 Å². The van der Waals surface area contributed by atoms with Gasteiger partial charge in [0.05, 0.1) is 0 Å². The summed E-state index contributed by atoms with van der Waals surface area (Å²) in [7, 11) is 0. The van der Waals surface area contributed by atoms with Crippen LogP contribution in [0.25, 0.3) is 0 Å². The summed E-state index contributed by atoms with van der Waals surface area (Å²) >= 11 is 0. The fraction of sp³-hybridized carbons (Fsp3) is 0.923. The number of carbonyl (C=O) groups excluding carboxylic acids is 1. The highest BCUT2D eigenvalue weighted by Crippen LogP contribution is 2.16. The van der Waals surface area contributed by atoms with E-state index < -0.39 is 0 Å². The molecule has 2 heterocycles. The molecule has 1 amide bonds. The third-order valence-corrected chi connectivity index (χ3v) is 3.82. The van der Waals surface area contributed by atoms with Crippen LogP contribution in [0, 0.1) is 0 Å². The second-order valence-electron chi connectivity index (χ2n) is 5.16. The number of unbranched alkanes of at least 4 members (excludes halogenated alkanes) is 1. The van der Waals surface area contributed by atoms with Gasteiger partial charge in [0.15, 0.2) is 0 Å². The van der Waals surface area contributed by atoms with E-state index in [1.54, 1.807) is 0 Å². The van der Waals surface area contributed by atoms with E-state index in [0.717, 1.165) is 71.6 Å². The number of piperazine rings is 1. The first-order valence-corrected chi connectivity index (χ1v) is 7.14. The maximum Gasteiger partial charge on any atom is 0.251 e. The van der Waals surface area contributed by atoms with Gasteiger partial charge in [-0.05, 0) is 38.8 Å². The van der Waals surface area contributed by atoms with Crippen molar-refractivity contribution in [3.8, 4) is 0 Å². The van der Waals surface area contributed by atoms with Crippen LogP contribution in [0.2, 0.25) is 0 Å². The number of ether oxygens (including phenoxy) is 1. The van der Waals surface area contributed by atoms with E-state index >= 15 is 0 Å². The van der Waals surface area contributed by atoms with Gasteiger partial charge in [0.25, 0.3) is 5.91 Å². The van der Waals surface area contributed by atoms with Crippen LogP contribution in [0.1, 0.15) is 25.7 Å². The SMILES string of the molecule is NCCCCN1CCN(C(=O)C2CCCO2)CC1. The van der Waals surface area contributed by atoms with Gasteiger partial charge in [0.1, 0.15) is 6.10 Å². The molecule has 2 fully saturated rings. The Kier molecular flexibility index (Phi) is 5.41. The zero-order valence-corrected chi connectivity index (χ0v) is 11.1. The first-order chi connectivity index (χ1) is 8.81. The highest BCUT2D eigenvalue weighted by atomic mass is 16.5. The lowest BCUT2D eigenvalue weighted by molar-refractivity contribution is -0.142. The summed E-state index contributed by atoms with van der Waals surface area (Å²) in [6.45, 7) is 6.31. The maximum atomic E-state index is 12.1. The Balaban J connectivity index is 1.67. The zero-order chi connectivity index (χ0) is 12.8. The van der Waals surface area contributed by atoms with Crippen LogP contribution in [0.15, 0.2) is 0 Å². The Labute approximate surface area is 109 Å². The lowest BCUT2D eigenvalue weighted by atomic mass is 10.2. The summed E-state index contributed by atoms with van der Waals surface area (Å²) in [5.74, 6) is 0.203. The summed E-state index contributed by atoms with van der Waals surface area (Å²) in [5.41, 5.74) is 5.49. The predicted octanol–water partition coefficient (Wildman–Crippen LogP) is 0.0485. The van der Waals surface area contributed by atoms with Crippen LogP contribution >= 0.6 is 0 Å². The van der Waals surface area contributed by atoms with Crippen LogP contribution < -0.4 is 5.73 Å². The quantitative estimate of drug-likeness (QED) is 0.705. The van der Waals surface area contributed by atoms with Crippen molar-refractivity contribution < 1.29 is 9.53 Å². The van der Waals surface area contributed by atoms with Crippen LogP contribution in [0.4, 0.5) is 0 Å². The van der Waals surface area contributed by atoms with Crippen molar-refractivity contribution in [2.45, 2.75) is 31.8 Å². The molecule has 0 aromatic heterocycles. The first kappa shape index (κ1) is 13.8. The smallest absolute Gasteiger partial charge is 0.251 e. The van der Waals surface area contributed by atoms with Crippen molar-refractivity contribution in [1.29, 1.82) is 0 Å². The molecule has 0 aliphatic carbocycles. The molecule has 0 aromatic rings. The number of amides is 1. The molecule has 104 valence electrons. The van der Waals surface area contributed by atoms with Crippen molar-refractivity contribution in [2.75, 3.05) is 45.9 Å². The molecule has 0 saturated carbocycles. The van der Waals surface area contributed by atoms with E-state index in [0.29, 0.717) is 0 Å². The van der Waals surface area contributed by atoms with E-state index in [1.165, 1.54) is 0 Å². The van der Waals surface area contributed by atoms with Crippen LogP contribution in [0.3, 0.4) is 0 Å². The third-order valence-electron chi connectivity index (χ3n) is 3.82. The van der Waals surface area contributed by atoms with Gasteiger partial charge in [-0.2, -0.15) is 0 Å². The topological polar surface area (TPSA) is 58.8 Å². The molecule has 2 aliphatic heterocycles. The van der Waals surface area contributed by atoms with Crippen LogP contribution in [-0.2, 0) is 9.53 Å². The maximum absolute atomic E-state index is 12.1. The summed E-state index contributed by atoms with van der Waals surface area (Å²) < 4.78 is 5.46. The number of rotatable bonds is 5. The largest absolute Gasteiger partial charge is 0.368 e. The summed E-state index contributed by atoms with van der Waals surface area (Å²) in [6, 6.07) is 0. The van der Waals surface area contributed by atoms with Gasteiger partial charge in [-0.3, -0.25) is 9.69 Å². The molecule has 2 aliphatic rings. The average Bonchev–Trinajstić information content (AvgIpc) is 2.93. The van der Waals surface area contributed by atoms with Crippen molar-refractivity contribution in [1.82, 2.24) is 9.80 Å². The summed E-state index contributed by atoms with van der Waals surface area (Å²) in [5, 5.41) is 0. The fourth-order valence-corrected chi connectivity index (χ4v) is 2.65. The molecule has 18 heavy (non-hydrogen) atoms. The van der Waals surface area contributed by atoms with Gasteiger partial charge in [0, 0.05) is 32.8 Å². The third kappa shape index (κ3) is 3.67. The van der Waals surface area contributed by atoms with Crippen molar-refractivity contribution in [3.63, 3.8) is 0 Å². The Morgan fingerprint density at radius 2 is 2.00 bits per heavy atom. The number of nitrogens with two attached hydrogens (primary N) is 1. The van der Waals surface area contributed by atoms with Crippen LogP contribution in [-0.4, -0.2) is 67.7 Å². The normalized spacial score (nSPS) is 25.6. The molecule has 1 unspecified atom stereocenters. The molecular weight excluding hydrogens is 230 g/mol. The molecule has 5 heteroatoms. The average molecular weight is 255 g/mol. The Hall–Kier alpha value is -0.650. The van der Waals surface area contributed by atoms with Gasteiger partial charge < -0.3 is 15.4 Å². The standard InChI is InChI=1S/C13H25N3O2/c14-5-1-2-6-15-7-9-16(10-8-15)13(17)12-4-3-11-18-12/h12H,1-11,14H2. The second kappa shape index (κ2) is 7.07. The molecule has 0 bridgehead atoms. The van der Waals surface area contributed by atoms with Gasteiger partial charge in [-0.1, -0.05) is 0 Å². The Morgan fingerprint density at radius 3 is 2.61 bits per heavy atom. The Morgan fingerprint density at radius 1 is 1.22 bits per heavy atom. The van der Waals surface area contributed by atoms with Crippen LogP contribution in [0.5, 0.6) is 0 Å². The number of hydrogen-bond donors (Lipinski definition) is 1. The summed E-state index contributed by atoms with van der Waals surface area (Å²) in [4.78, 5) is 16.5. The van der Waals surface area contributed by atoms with Gasteiger partial charge in [-0.15, -0.1) is 0 Å². The van der Waals surface area contributed by atoms with Crippen molar-refractivity contribution >= 4 is 5.91 Å². The summed E-state index contributed by atoms with van der Waals surface area (Å²) in [6.07, 6.45) is 4.02. The molecule has 5 nitrogen and oxygen atoms in total. The molecule has 1 atom stereocenters. The number of hydrogen-bond acceptors (Lipinski definition) is 4. The molecule has 0 radical (unpaired) electrons. The zero-order valence-electron chi connectivity index (χ0n) is 11.1. The number of nitrogens with zero attached hydrogens (tertiary/aromatic N) is 2. The highest BCUT2D eigenvalue weighted by molar-refractivity contribution is 5.81. The predicted molar refractivity (Wildman–Crippen MR) is 70.3 cm³/mol. The van der Waals surface area contributed by atoms with E-state index in [1.807, 2.05) is 4.90 Å². The lowest BCUT2D eigenvalue weighted by Crippen LogP contribution is -2.51. The lowest BCUT2D eigenvalue weighted by Gasteiger charge is -2.35. The monoisotopic (exact) mass is 255 g/mol. The Bertz CT molecular complexity index is 259. The molecular formula is C13H25N3O2. The minimum atomic E-state index is -0.159. The molecule has 2 rings (SSSR count). The minimum absolute atomic E-state index is 0.159. The fourth-order valence-electron chi connectivity index (χ4n) is 2.65. The van der Waals surface area contributed by atoms with Gasteiger partial charge >= 0.3 is 0 Å². The molecule has 0 spiro atoms. The van der Waals surface area contributed by atoms with E-state index in [2.05, 4.69) is 4.90 Å². The second-order valence-corrected chi connectivity index (χ2v) is 5.16. The van der Waals surface area contributed by atoms with Crippen molar-refractivity contribution in [3.05, 3.63) is 0 Å². The molecule has 2 saturated heterocycles. The van der Waals surface area contributed by atoms with Gasteiger partial charge in [0.2, 0.25) is 0 Å². The van der Waals surface area contributed by atoms with E-state index in [4.69, 9.17) is 10.5 Å². The first-order valence-electron chi connectivity index (χ1n) is 7.14. The highest BCUT2D eigenvalue weighted by Gasteiger charge is 2.29. The van der Waals surface area contributed by atoms with E-state index in [9.17, 15) is 4.79 Å². The molecule has 2 N–H and O–H groups in total. The minimum Gasteiger partial charge on any atom is -0.368 e. The molecule has 0 aromatic carbocycles. The number of carbonyl (C=O) groups is 1.